The van der Waals surface area contributed by atoms with E-state index < -0.39 is 10.0 Å². The first-order chi connectivity index (χ1) is 8.87. The van der Waals surface area contributed by atoms with Crippen molar-refractivity contribution >= 4 is 27.3 Å². The molecule has 2 rings (SSSR count). The van der Waals surface area contributed by atoms with Crippen LogP contribution in [0.2, 0.25) is 0 Å². The zero-order valence-electron chi connectivity index (χ0n) is 11.1. The number of nitrogens with zero attached hydrogens (tertiary/aromatic N) is 1. The first-order valence-electron chi connectivity index (χ1n) is 6.25. The molecule has 1 aliphatic rings. The maximum atomic E-state index is 11.9. The Kier molecular flexibility index (Phi) is 3.80. The van der Waals surface area contributed by atoms with Crippen LogP contribution in [0, 0.1) is 6.92 Å². The molecule has 0 spiro atoms. The summed E-state index contributed by atoms with van der Waals surface area (Å²) in [5.74, 6) is 0.103. The predicted molar refractivity (Wildman–Crippen MR) is 75.8 cm³/mol. The highest BCUT2D eigenvalue weighted by atomic mass is 32.2. The topological polar surface area (TPSA) is 66.5 Å². The molecule has 1 fully saturated rings. The van der Waals surface area contributed by atoms with E-state index in [2.05, 4.69) is 4.72 Å². The number of rotatable bonds is 3. The standard InChI is InChI=1S/C13H18N2O3S/c1-10-6-7-11(14-19(2,17)18)9-12(10)15-8-4-3-5-13(15)16/h6-7,9,14H,3-5,8H2,1-2H3. The fraction of sp³-hybridized carbons (Fsp3) is 0.462. The summed E-state index contributed by atoms with van der Waals surface area (Å²) in [4.78, 5) is 13.7. The number of carbonyl (C=O) groups is 1. The van der Waals surface area contributed by atoms with Crippen molar-refractivity contribution in [3.8, 4) is 0 Å². The van der Waals surface area contributed by atoms with Gasteiger partial charge in [-0.15, -0.1) is 0 Å². The minimum Gasteiger partial charge on any atom is -0.312 e. The summed E-state index contributed by atoms with van der Waals surface area (Å²) >= 11 is 0. The van der Waals surface area contributed by atoms with E-state index in [1.807, 2.05) is 13.0 Å². The van der Waals surface area contributed by atoms with Crippen LogP contribution >= 0.6 is 0 Å². The molecule has 1 aliphatic heterocycles. The van der Waals surface area contributed by atoms with Gasteiger partial charge in [-0.3, -0.25) is 9.52 Å². The second kappa shape index (κ2) is 5.21. The highest BCUT2D eigenvalue weighted by molar-refractivity contribution is 7.92. The monoisotopic (exact) mass is 282 g/mol. The van der Waals surface area contributed by atoms with Crippen molar-refractivity contribution in [3.05, 3.63) is 23.8 Å². The number of benzene rings is 1. The third-order valence-corrected chi connectivity index (χ3v) is 3.73. The quantitative estimate of drug-likeness (QED) is 0.920. The molecule has 5 nitrogen and oxygen atoms in total. The van der Waals surface area contributed by atoms with Crippen molar-refractivity contribution in [2.45, 2.75) is 26.2 Å². The molecule has 0 radical (unpaired) electrons. The Bertz CT molecular complexity index is 596. The first-order valence-corrected chi connectivity index (χ1v) is 8.15. The smallest absolute Gasteiger partial charge is 0.229 e. The number of piperidine rings is 1. The number of hydrogen-bond acceptors (Lipinski definition) is 3. The molecule has 1 heterocycles. The molecule has 0 atom stereocenters. The summed E-state index contributed by atoms with van der Waals surface area (Å²) in [6, 6.07) is 5.25. The predicted octanol–water partition coefficient (Wildman–Crippen LogP) is 1.88. The average molecular weight is 282 g/mol. The third-order valence-electron chi connectivity index (χ3n) is 3.13. The lowest BCUT2D eigenvalue weighted by atomic mass is 10.1. The first kappa shape index (κ1) is 13.9. The van der Waals surface area contributed by atoms with Crippen molar-refractivity contribution in [3.63, 3.8) is 0 Å². The molecule has 0 saturated carbocycles. The zero-order chi connectivity index (χ0) is 14.0. The fourth-order valence-electron chi connectivity index (χ4n) is 2.24. The SMILES string of the molecule is Cc1ccc(NS(C)(=O)=O)cc1N1CCCCC1=O. The zero-order valence-corrected chi connectivity index (χ0v) is 12.0. The highest BCUT2D eigenvalue weighted by Crippen LogP contribution is 2.27. The minimum atomic E-state index is -3.30. The van der Waals surface area contributed by atoms with Gasteiger partial charge in [-0.25, -0.2) is 8.42 Å². The van der Waals surface area contributed by atoms with Crippen molar-refractivity contribution < 1.29 is 13.2 Å². The Morgan fingerprint density at radius 3 is 2.63 bits per heavy atom. The molecule has 1 amide bonds. The Morgan fingerprint density at radius 2 is 2.00 bits per heavy atom. The molecule has 0 unspecified atom stereocenters. The van der Waals surface area contributed by atoms with Crippen LogP contribution in [-0.4, -0.2) is 27.1 Å². The number of nitrogens with one attached hydrogen (secondary N) is 1. The van der Waals surface area contributed by atoms with Crippen LogP contribution in [0.25, 0.3) is 0 Å². The van der Waals surface area contributed by atoms with Gasteiger partial charge >= 0.3 is 0 Å². The molecule has 1 N–H and O–H groups in total. The number of sulfonamides is 1. The normalized spacial score (nSPS) is 16.5. The highest BCUT2D eigenvalue weighted by Gasteiger charge is 2.21. The lowest BCUT2D eigenvalue weighted by Gasteiger charge is -2.28. The largest absolute Gasteiger partial charge is 0.312 e. The van der Waals surface area contributed by atoms with Crippen LogP contribution in [-0.2, 0) is 14.8 Å². The molecule has 104 valence electrons. The van der Waals surface area contributed by atoms with E-state index in [0.717, 1.165) is 30.3 Å². The molecule has 1 aromatic rings. The van der Waals surface area contributed by atoms with Gasteiger partial charge in [0.25, 0.3) is 0 Å². The van der Waals surface area contributed by atoms with Crippen molar-refractivity contribution in [2.24, 2.45) is 0 Å². The maximum Gasteiger partial charge on any atom is 0.229 e. The van der Waals surface area contributed by atoms with E-state index in [0.29, 0.717) is 18.7 Å². The van der Waals surface area contributed by atoms with Crippen LogP contribution in [0.1, 0.15) is 24.8 Å². The van der Waals surface area contributed by atoms with E-state index in [9.17, 15) is 13.2 Å². The summed E-state index contributed by atoms with van der Waals surface area (Å²) in [6.07, 6.45) is 3.58. The lowest BCUT2D eigenvalue weighted by Crippen LogP contribution is -2.35. The van der Waals surface area contributed by atoms with Gasteiger partial charge in [0.2, 0.25) is 15.9 Å². The number of amides is 1. The summed E-state index contributed by atoms with van der Waals surface area (Å²) < 4.78 is 24.9. The Labute approximate surface area is 113 Å². The number of hydrogen-bond donors (Lipinski definition) is 1. The van der Waals surface area contributed by atoms with Gasteiger partial charge in [0.05, 0.1) is 11.9 Å². The minimum absolute atomic E-state index is 0.103. The molecule has 1 aromatic carbocycles. The van der Waals surface area contributed by atoms with Gasteiger partial charge in [-0.1, -0.05) is 6.07 Å². The van der Waals surface area contributed by atoms with E-state index in [1.165, 1.54) is 0 Å². The third kappa shape index (κ3) is 3.47. The van der Waals surface area contributed by atoms with E-state index >= 15 is 0 Å². The second-order valence-corrected chi connectivity index (χ2v) is 6.63. The van der Waals surface area contributed by atoms with Crippen LogP contribution in [0.3, 0.4) is 0 Å². The molecule has 1 saturated heterocycles. The number of aryl methyl sites for hydroxylation is 1. The van der Waals surface area contributed by atoms with Gasteiger partial charge in [-0.2, -0.15) is 0 Å². The van der Waals surface area contributed by atoms with Crippen LogP contribution < -0.4 is 9.62 Å². The van der Waals surface area contributed by atoms with Crippen LogP contribution in [0.15, 0.2) is 18.2 Å². The molecule has 0 aromatic heterocycles. The van der Waals surface area contributed by atoms with Gasteiger partial charge in [0, 0.05) is 18.7 Å². The summed E-state index contributed by atoms with van der Waals surface area (Å²) in [5.41, 5.74) is 2.24. The molecule has 6 heteroatoms. The van der Waals surface area contributed by atoms with Crippen molar-refractivity contribution in [2.75, 3.05) is 22.4 Å². The van der Waals surface area contributed by atoms with Crippen LogP contribution in [0.4, 0.5) is 11.4 Å². The molecular weight excluding hydrogens is 264 g/mol. The fourth-order valence-corrected chi connectivity index (χ4v) is 2.79. The summed E-state index contributed by atoms with van der Waals surface area (Å²) in [7, 11) is -3.30. The molecule has 0 bridgehead atoms. The van der Waals surface area contributed by atoms with Crippen molar-refractivity contribution in [1.82, 2.24) is 0 Å². The van der Waals surface area contributed by atoms with E-state index in [-0.39, 0.29) is 5.91 Å². The molecule has 0 aliphatic carbocycles. The van der Waals surface area contributed by atoms with E-state index in [1.54, 1.807) is 17.0 Å². The van der Waals surface area contributed by atoms with E-state index in [4.69, 9.17) is 0 Å². The molecule has 19 heavy (non-hydrogen) atoms. The Balaban J connectivity index is 2.33. The molecular formula is C13H18N2O3S. The number of carbonyl (C=O) groups excluding carboxylic acids is 1. The second-order valence-electron chi connectivity index (χ2n) is 4.88. The van der Waals surface area contributed by atoms with Gasteiger partial charge in [0.1, 0.15) is 0 Å². The lowest BCUT2D eigenvalue weighted by molar-refractivity contribution is -0.119. The van der Waals surface area contributed by atoms with Gasteiger partial charge in [0.15, 0.2) is 0 Å². The van der Waals surface area contributed by atoms with Crippen LogP contribution in [0.5, 0.6) is 0 Å². The van der Waals surface area contributed by atoms with Gasteiger partial charge in [-0.05, 0) is 37.5 Å². The Hall–Kier alpha value is -1.56. The number of anilines is 2. The van der Waals surface area contributed by atoms with Crippen molar-refractivity contribution in [1.29, 1.82) is 0 Å². The summed E-state index contributed by atoms with van der Waals surface area (Å²) in [5, 5.41) is 0. The summed E-state index contributed by atoms with van der Waals surface area (Å²) in [6.45, 7) is 2.61. The Morgan fingerprint density at radius 1 is 1.26 bits per heavy atom. The average Bonchev–Trinajstić information content (AvgIpc) is 2.31. The maximum absolute atomic E-state index is 11.9. The van der Waals surface area contributed by atoms with Gasteiger partial charge < -0.3 is 4.90 Å².